The van der Waals surface area contributed by atoms with Gasteiger partial charge < -0.3 is 15.8 Å². The smallest absolute Gasteiger partial charge is 0.246 e. The summed E-state index contributed by atoms with van der Waals surface area (Å²) in [6, 6.07) is 9.74. The monoisotopic (exact) mass is 236 g/mol. The fraction of sp³-hybridized carbons (Fsp3) is 0.462. The van der Waals surface area contributed by atoms with E-state index in [1.807, 2.05) is 44.2 Å². The van der Waals surface area contributed by atoms with E-state index < -0.39 is 5.54 Å². The third kappa shape index (κ3) is 6.71. The third-order valence-corrected chi connectivity index (χ3v) is 2.09. The van der Waals surface area contributed by atoms with Crippen LogP contribution in [0.3, 0.4) is 0 Å². The van der Waals surface area contributed by atoms with Gasteiger partial charge in [-0.2, -0.15) is 0 Å². The summed E-state index contributed by atoms with van der Waals surface area (Å²) < 4.78 is 5.29. The lowest BCUT2D eigenvalue weighted by Crippen LogP contribution is -2.45. The van der Waals surface area contributed by atoms with Gasteiger partial charge in [0.05, 0.1) is 6.61 Å². The van der Waals surface area contributed by atoms with E-state index in [1.165, 1.54) is 0 Å². The van der Waals surface area contributed by atoms with Gasteiger partial charge in [0.1, 0.15) is 6.61 Å². The minimum absolute atomic E-state index is 0.0605. The highest BCUT2D eigenvalue weighted by Crippen LogP contribution is 2.00. The Kier molecular flexibility index (Phi) is 5.12. The minimum atomic E-state index is -0.394. The average Bonchev–Trinajstić information content (AvgIpc) is 2.27. The van der Waals surface area contributed by atoms with Crippen LogP contribution >= 0.6 is 0 Å². The highest BCUT2D eigenvalue weighted by atomic mass is 16.5. The topological polar surface area (TPSA) is 64.3 Å². The molecule has 3 N–H and O–H groups in total. The molecule has 4 heteroatoms. The Morgan fingerprint density at radius 2 is 2.00 bits per heavy atom. The number of benzene rings is 1. The van der Waals surface area contributed by atoms with E-state index in [2.05, 4.69) is 5.32 Å². The van der Waals surface area contributed by atoms with Gasteiger partial charge in [0.2, 0.25) is 5.91 Å². The van der Waals surface area contributed by atoms with E-state index in [0.29, 0.717) is 13.2 Å². The van der Waals surface area contributed by atoms with Gasteiger partial charge in [-0.3, -0.25) is 4.79 Å². The summed E-state index contributed by atoms with van der Waals surface area (Å²) in [6.45, 7) is 4.67. The van der Waals surface area contributed by atoms with Crippen molar-refractivity contribution in [3.8, 4) is 0 Å². The van der Waals surface area contributed by atoms with E-state index in [-0.39, 0.29) is 12.5 Å². The maximum absolute atomic E-state index is 11.4. The summed E-state index contributed by atoms with van der Waals surface area (Å²) in [5, 5.41) is 2.72. The van der Waals surface area contributed by atoms with Gasteiger partial charge in [-0.1, -0.05) is 30.3 Å². The molecule has 0 unspecified atom stereocenters. The Labute approximate surface area is 102 Å². The standard InChI is InChI=1S/C13H20N2O2/c1-13(2,14)10-15-12(16)9-17-8-11-6-4-3-5-7-11/h3-7H,8-10,14H2,1-2H3,(H,15,16). The van der Waals surface area contributed by atoms with Crippen molar-refractivity contribution in [3.63, 3.8) is 0 Å². The van der Waals surface area contributed by atoms with Crippen LogP contribution in [0.25, 0.3) is 0 Å². The first-order valence-electron chi connectivity index (χ1n) is 5.65. The molecule has 94 valence electrons. The number of carbonyl (C=O) groups is 1. The molecule has 0 spiro atoms. The van der Waals surface area contributed by atoms with Crippen molar-refractivity contribution in [1.82, 2.24) is 5.32 Å². The van der Waals surface area contributed by atoms with Crippen LogP contribution < -0.4 is 11.1 Å². The van der Waals surface area contributed by atoms with E-state index in [1.54, 1.807) is 0 Å². The van der Waals surface area contributed by atoms with E-state index >= 15 is 0 Å². The second-order valence-corrected chi connectivity index (χ2v) is 4.74. The summed E-state index contributed by atoms with van der Waals surface area (Å²) in [5.41, 5.74) is 6.41. The summed E-state index contributed by atoms with van der Waals surface area (Å²) in [4.78, 5) is 11.4. The van der Waals surface area contributed by atoms with Crippen LogP contribution in [0.2, 0.25) is 0 Å². The molecule has 1 aromatic rings. The van der Waals surface area contributed by atoms with Crippen LogP contribution in [0.1, 0.15) is 19.4 Å². The summed E-state index contributed by atoms with van der Waals surface area (Å²) in [6.07, 6.45) is 0. The molecule has 17 heavy (non-hydrogen) atoms. The first-order chi connectivity index (χ1) is 7.97. The molecule has 0 heterocycles. The lowest BCUT2D eigenvalue weighted by Gasteiger charge is -2.18. The van der Waals surface area contributed by atoms with E-state index in [9.17, 15) is 4.79 Å². The number of nitrogens with one attached hydrogen (secondary N) is 1. The quantitative estimate of drug-likeness (QED) is 0.776. The van der Waals surface area contributed by atoms with E-state index in [0.717, 1.165) is 5.56 Å². The lowest BCUT2D eigenvalue weighted by molar-refractivity contribution is -0.126. The SMILES string of the molecule is CC(C)(N)CNC(=O)COCc1ccccc1. The highest BCUT2D eigenvalue weighted by molar-refractivity contribution is 5.77. The fourth-order valence-electron chi connectivity index (χ4n) is 1.21. The molecule has 0 atom stereocenters. The molecule has 0 bridgehead atoms. The minimum Gasteiger partial charge on any atom is -0.367 e. The fourth-order valence-corrected chi connectivity index (χ4v) is 1.21. The maximum Gasteiger partial charge on any atom is 0.246 e. The number of amides is 1. The number of hydrogen-bond donors (Lipinski definition) is 2. The van der Waals surface area contributed by atoms with Crippen molar-refractivity contribution >= 4 is 5.91 Å². The van der Waals surface area contributed by atoms with Gasteiger partial charge in [0.25, 0.3) is 0 Å². The predicted molar refractivity (Wildman–Crippen MR) is 67.4 cm³/mol. The van der Waals surface area contributed by atoms with Crippen LogP contribution in [0.5, 0.6) is 0 Å². The molecule has 0 aromatic heterocycles. The molecule has 0 saturated carbocycles. The van der Waals surface area contributed by atoms with Crippen molar-refractivity contribution in [3.05, 3.63) is 35.9 Å². The third-order valence-electron chi connectivity index (χ3n) is 2.09. The lowest BCUT2D eigenvalue weighted by atomic mass is 10.1. The molecule has 1 rings (SSSR count). The number of rotatable bonds is 6. The van der Waals surface area contributed by atoms with Crippen molar-refractivity contribution in [1.29, 1.82) is 0 Å². The van der Waals surface area contributed by atoms with Crippen molar-refractivity contribution in [2.45, 2.75) is 26.0 Å². The number of hydrogen-bond acceptors (Lipinski definition) is 3. The number of carbonyl (C=O) groups excluding carboxylic acids is 1. The highest BCUT2D eigenvalue weighted by Gasteiger charge is 2.11. The molecule has 0 radical (unpaired) electrons. The van der Waals surface area contributed by atoms with Crippen LogP contribution in [0.4, 0.5) is 0 Å². The van der Waals surface area contributed by atoms with E-state index in [4.69, 9.17) is 10.5 Å². The Balaban J connectivity index is 2.17. The Hall–Kier alpha value is -1.39. The zero-order valence-corrected chi connectivity index (χ0v) is 10.4. The molecule has 0 aliphatic rings. The van der Waals surface area contributed by atoms with Crippen molar-refractivity contribution < 1.29 is 9.53 Å². The normalized spacial score (nSPS) is 11.2. The molecular formula is C13H20N2O2. The molecule has 1 amide bonds. The zero-order valence-electron chi connectivity index (χ0n) is 10.4. The van der Waals surface area contributed by atoms with Gasteiger partial charge in [0, 0.05) is 12.1 Å². The zero-order chi connectivity index (χ0) is 12.7. The molecule has 0 saturated heterocycles. The summed E-state index contributed by atoms with van der Waals surface area (Å²) in [5.74, 6) is -0.139. The maximum atomic E-state index is 11.4. The Morgan fingerprint density at radius 3 is 2.59 bits per heavy atom. The summed E-state index contributed by atoms with van der Waals surface area (Å²) >= 11 is 0. The van der Waals surface area contributed by atoms with Crippen molar-refractivity contribution in [2.75, 3.05) is 13.2 Å². The Morgan fingerprint density at radius 1 is 1.35 bits per heavy atom. The molecule has 0 fully saturated rings. The van der Waals surface area contributed by atoms with Crippen LogP contribution in [0, 0.1) is 0 Å². The first-order valence-corrected chi connectivity index (χ1v) is 5.65. The largest absolute Gasteiger partial charge is 0.367 e. The van der Waals surface area contributed by atoms with Gasteiger partial charge in [0.15, 0.2) is 0 Å². The van der Waals surface area contributed by atoms with Crippen LogP contribution in [0.15, 0.2) is 30.3 Å². The van der Waals surface area contributed by atoms with Gasteiger partial charge in [-0.25, -0.2) is 0 Å². The first kappa shape index (κ1) is 13.7. The van der Waals surface area contributed by atoms with Crippen LogP contribution in [-0.4, -0.2) is 24.6 Å². The van der Waals surface area contributed by atoms with Crippen LogP contribution in [-0.2, 0) is 16.1 Å². The molecule has 4 nitrogen and oxygen atoms in total. The molecule has 0 aliphatic carbocycles. The van der Waals surface area contributed by atoms with Crippen molar-refractivity contribution in [2.24, 2.45) is 5.73 Å². The molecule has 0 aliphatic heterocycles. The molecule has 1 aromatic carbocycles. The summed E-state index contributed by atoms with van der Waals surface area (Å²) in [7, 11) is 0. The Bertz CT molecular complexity index is 344. The second kappa shape index (κ2) is 6.37. The number of ether oxygens (including phenoxy) is 1. The molecular weight excluding hydrogens is 216 g/mol. The second-order valence-electron chi connectivity index (χ2n) is 4.74. The predicted octanol–water partition coefficient (Wildman–Crippen LogP) is 1.06. The van der Waals surface area contributed by atoms with Gasteiger partial charge in [-0.15, -0.1) is 0 Å². The van der Waals surface area contributed by atoms with Gasteiger partial charge >= 0.3 is 0 Å². The van der Waals surface area contributed by atoms with Gasteiger partial charge in [-0.05, 0) is 19.4 Å². The average molecular weight is 236 g/mol. The number of nitrogens with two attached hydrogens (primary N) is 1.